The minimum atomic E-state index is -0.718. The summed E-state index contributed by atoms with van der Waals surface area (Å²) in [5.41, 5.74) is 0.716. The summed E-state index contributed by atoms with van der Waals surface area (Å²) in [4.78, 5) is 4.34. The van der Waals surface area contributed by atoms with E-state index in [1.807, 2.05) is 53.8 Å². The van der Waals surface area contributed by atoms with E-state index in [9.17, 15) is 0 Å². The van der Waals surface area contributed by atoms with Crippen molar-refractivity contribution in [1.29, 1.82) is 0 Å². The number of rotatable bonds is 2. The molecule has 0 N–H and O–H groups in total. The maximum absolute atomic E-state index is 15.1. The lowest BCUT2D eigenvalue weighted by molar-refractivity contribution is 0.00578. The van der Waals surface area contributed by atoms with Gasteiger partial charge < -0.3 is 13.9 Å². The average Bonchev–Trinajstić information content (AvgIpc) is 2.86. The third-order valence-electron chi connectivity index (χ3n) is 4.78. The van der Waals surface area contributed by atoms with Gasteiger partial charge in [-0.05, 0) is 47.6 Å². The lowest BCUT2D eigenvalue weighted by Crippen LogP contribution is -2.41. The Morgan fingerprint density at radius 1 is 1.09 bits per heavy atom. The van der Waals surface area contributed by atoms with Gasteiger partial charge in [-0.2, -0.15) is 0 Å². The monoisotopic (exact) mass is 316 g/mol. The van der Waals surface area contributed by atoms with Gasteiger partial charge in [0.05, 0.1) is 22.6 Å². The highest BCUT2D eigenvalue weighted by molar-refractivity contribution is 6.62. The number of hydrogen-bond donors (Lipinski definition) is 0. The quantitative estimate of drug-likeness (QED) is 0.799. The summed E-state index contributed by atoms with van der Waals surface area (Å²) in [5.74, 6) is 0.402. The maximum Gasteiger partial charge on any atom is 0.497 e. The summed E-state index contributed by atoms with van der Waals surface area (Å²) in [5, 5.41) is 0. The number of halogens is 1. The molecule has 3 rings (SSSR count). The molecule has 122 valence electrons. The molecule has 1 aliphatic heterocycles. The Hall–Kier alpha value is -1.66. The fourth-order valence-corrected chi connectivity index (χ4v) is 2.74. The molecule has 2 heterocycles. The molecule has 0 aliphatic carbocycles. The molecule has 23 heavy (non-hydrogen) atoms. The number of aromatic nitrogens is 2. The second-order valence-corrected chi connectivity index (χ2v) is 7.07. The number of aryl methyl sites for hydroxylation is 2. The molecule has 0 radical (unpaired) electrons. The van der Waals surface area contributed by atoms with Gasteiger partial charge in [-0.15, -0.1) is 0 Å². The van der Waals surface area contributed by atoms with Crippen LogP contribution in [0.1, 0.15) is 39.2 Å². The second-order valence-electron chi connectivity index (χ2n) is 7.07. The molecule has 0 atom stereocenters. The first-order chi connectivity index (χ1) is 10.6. The molecule has 0 saturated carbocycles. The van der Waals surface area contributed by atoms with Gasteiger partial charge in [0, 0.05) is 11.7 Å². The van der Waals surface area contributed by atoms with Crippen molar-refractivity contribution in [2.45, 2.75) is 52.7 Å². The molecule has 1 aromatic carbocycles. The molecule has 4 nitrogen and oxygen atoms in total. The first-order valence-electron chi connectivity index (χ1n) is 7.79. The Morgan fingerprint density at radius 2 is 1.70 bits per heavy atom. The number of hydrogen-bond acceptors (Lipinski definition) is 3. The largest absolute Gasteiger partial charge is 0.497 e. The maximum atomic E-state index is 15.1. The molecule has 6 heteroatoms. The number of imidazole rings is 1. The topological polar surface area (TPSA) is 36.3 Å². The molecule has 2 aromatic rings. The van der Waals surface area contributed by atoms with Gasteiger partial charge in [0.25, 0.3) is 0 Å². The zero-order valence-corrected chi connectivity index (χ0v) is 14.5. The minimum absolute atomic E-state index is 0.341. The van der Waals surface area contributed by atoms with E-state index in [-0.39, 0.29) is 5.82 Å². The van der Waals surface area contributed by atoms with E-state index in [2.05, 4.69) is 4.98 Å². The van der Waals surface area contributed by atoms with Crippen molar-refractivity contribution < 1.29 is 13.7 Å². The molecule has 0 spiro atoms. The van der Waals surface area contributed by atoms with Crippen molar-refractivity contribution in [2.75, 3.05) is 0 Å². The van der Waals surface area contributed by atoms with E-state index in [0.29, 0.717) is 11.2 Å². The summed E-state index contributed by atoms with van der Waals surface area (Å²) in [7, 11) is -0.718. The predicted octanol–water partition coefficient (Wildman–Crippen LogP) is 2.93. The minimum Gasteiger partial charge on any atom is -0.399 e. The van der Waals surface area contributed by atoms with E-state index in [4.69, 9.17) is 9.31 Å². The zero-order chi connectivity index (χ0) is 17.0. The third-order valence-corrected chi connectivity index (χ3v) is 4.78. The molecule has 1 fully saturated rings. The van der Waals surface area contributed by atoms with E-state index in [0.717, 1.165) is 11.5 Å². The summed E-state index contributed by atoms with van der Waals surface area (Å²) in [6, 6.07) is 5.26. The Balaban J connectivity index is 2.04. The molecule has 1 aliphatic rings. The van der Waals surface area contributed by atoms with Crippen LogP contribution in [-0.2, 0) is 9.31 Å². The third kappa shape index (κ3) is 2.60. The number of nitrogens with zero attached hydrogens (tertiary/aromatic N) is 2. The van der Waals surface area contributed by atoms with Crippen molar-refractivity contribution in [3.05, 3.63) is 41.7 Å². The van der Waals surface area contributed by atoms with E-state index in [1.165, 1.54) is 0 Å². The first-order valence-corrected chi connectivity index (χ1v) is 7.79. The summed E-state index contributed by atoms with van der Waals surface area (Å²) >= 11 is 0. The van der Waals surface area contributed by atoms with Gasteiger partial charge in [0.2, 0.25) is 0 Å². The normalized spacial score (nSPS) is 19.3. The first kappa shape index (κ1) is 16.2. The lowest BCUT2D eigenvalue weighted by atomic mass is 9.78. The average molecular weight is 316 g/mol. The fourth-order valence-electron chi connectivity index (χ4n) is 2.74. The Bertz CT molecular complexity index is 739. The van der Waals surface area contributed by atoms with Crippen LogP contribution in [-0.4, -0.2) is 27.9 Å². The van der Waals surface area contributed by atoms with Crippen LogP contribution >= 0.6 is 0 Å². The van der Waals surface area contributed by atoms with Crippen LogP contribution < -0.4 is 5.46 Å². The van der Waals surface area contributed by atoms with Crippen LogP contribution in [0.3, 0.4) is 0 Å². The highest BCUT2D eigenvalue weighted by Crippen LogP contribution is 2.36. The summed E-state index contributed by atoms with van der Waals surface area (Å²) < 4.78 is 28.8. The van der Waals surface area contributed by atoms with Crippen LogP contribution in [0, 0.1) is 19.7 Å². The van der Waals surface area contributed by atoms with Crippen LogP contribution in [0.15, 0.2) is 24.4 Å². The van der Waals surface area contributed by atoms with Crippen LogP contribution in [0.4, 0.5) is 4.39 Å². The molecular weight excluding hydrogens is 294 g/mol. The molecule has 1 aromatic heterocycles. The Kier molecular flexibility index (Phi) is 3.65. The van der Waals surface area contributed by atoms with Crippen molar-refractivity contribution in [3.63, 3.8) is 0 Å². The standard InChI is InChI=1S/C17H22BFN2O2/c1-11-10-21(12(2)20-11)14-9-7-8-13(15(14)19)18-22-16(3,4)17(5,6)23-18/h7-10H,1-6H3. The van der Waals surface area contributed by atoms with E-state index < -0.39 is 18.3 Å². The Labute approximate surface area is 136 Å². The smallest absolute Gasteiger partial charge is 0.399 e. The lowest BCUT2D eigenvalue weighted by Gasteiger charge is -2.32. The zero-order valence-electron chi connectivity index (χ0n) is 14.5. The predicted molar refractivity (Wildman–Crippen MR) is 88.7 cm³/mol. The Morgan fingerprint density at radius 3 is 2.22 bits per heavy atom. The molecule has 0 bridgehead atoms. The van der Waals surface area contributed by atoms with E-state index in [1.54, 1.807) is 16.7 Å². The van der Waals surface area contributed by atoms with E-state index >= 15 is 4.39 Å². The summed E-state index contributed by atoms with van der Waals surface area (Å²) in [6.45, 7) is 11.6. The van der Waals surface area contributed by atoms with Crippen LogP contribution in [0.5, 0.6) is 0 Å². The second kappa shape index (κ2) is 5.18. The van der Waals surface area contributed by atoms with Crippen molar-refractivity contribution in [1.82, 2.24) is 9.55 Å². The highest BCUT2D eigenvalue weighted by Gasteiger charge is 2.52. The molecular formula is C17H22BFN2O2. The van der Waals surface area contributed by atoms with Gasteiger partial charge >= 0.3 is 7.12 Å². The SMILES string of the molecule is Cc1cn(-c2cccc(B3OC(C)(C)C(C)(C)O3)c2F)c(C)n1. The molecule has 1 saturated heterocycles. The molecule has 0 amide bonds. The highest BCUT2D eigenvalue weighted by atomic mass is 19.1. The fraction of sp³-hybridized carbons (Fsp3) is 0.471. The van der Waals surface area contributed by atoms with Gasteiger partial charge in [-0.3, -0.25) is 0 Å². The van der Waals surface area contributed by atoms with Crippen molar-refractivity contribution in [3.8, 4) is 5.69 Å². The van der Waals surface area contributed by atoms with Gasteiger partial charge in [0.1, 0.15) is 11.6 Å². The van der Waals surface area contributed by atoms with Crippen molar-refractivity contribution >= 4 is 12.6 Å². The summed E-state index contributed by atoms with van der Waals surface area (Å²) in [6.07, 6.45) is 1.82. The van der Waals surface area contributed by atoms with Crippen LogP contribution in [0.2, 0.25) is 0 Å². The molecule has 0 unspecified atom stereocenters. The van der Waals surface area contributed by atoms with Gasteiger partial charge in [-0.1, -0.05) is 12.1 Å². The van der Waals surface area contributed by atoms with Gasteiger partial charge in [-0.25, -0.2) is 9.37 Å². The number of benzene rings is 1. The van der Waals surface area contributed by atoms with Crippen molar-refractivity contribution in [2.24, 2.45) is 0 Å². The van der Waals surface area contributed by atoms with Gasteiger partial charge in [0.15, 0.2) is 0 Å². The van der Waals surface area contributed by atoms with Crippen LogP contribution in [0.25, 0.3) is 5.69 Å².